The Morgan fingerprint density at radius 1 is 1.05 bits per heavy atom. The van der Waals surface area contributed by atoms with E-state index in [0.717, 1.165) is 24.5 Å². The summed E-state index contributed by atoms with van der Waals surface area (Å²) >= 11 is 0. The highest BCUT2D eigenvalue weighted by Crippen LogP contribution is 2.53. The van der Waals surface area contributed by atoms with Crippen LogP contribution < -0.4 is 9.80 Å². The van der Waals surface area contributed by atoms with E-state index < -0.39 is 35.6 Å². The number of aliphatic hydroxyl groups excluding tert-OH is 1. The number of esters is 1. The summed E-state index contributed by atoms with van der Waals surface area (Å²) in [5.41, 5.74) is 0.546. The highest BCUT2D eigenvalue weighted by molar-refractivity contribution is 6.05. The van der Waals surface area contributed by atoms with Gasteiger partial charge >= 0.3 is 5.97 Å². The number of aliphatic hydroxyl groups is 1. The van der Waals surface area contributed by atoms with Gasteiger partial charge in [0.25, 0.3) is 5.91 Å². The average Bonchev–Trinajstić information content (AvgIpc) is 3.28. The van der Waals surface area contributed by atoms with E-state index in [9.17, 15) is 19.5 Å². The Bertz CT molecular complexity index is 1110. The van der Waals surface area contributed by atoms with Gasteiger partial charge in [-0.3, -0.25) is 14.4 Å². The van der Waals surface area contributed by atoms with E-state index in [1.54, 1.807) is 9.80 Å². The van der Waals surface area contributed by atoms with Gasteiger partial charge in [0, 0.05) is 44.2 Å². The molecule has 1 N–H and O–H groups in total. The third-order valence-electron chi connectivity index (χ3n) is 8.22. The summed E-state index contributed by atoms with van der Waals surface area (Å²) in [7, 11) is 0. The molecule has 1 unspecified atom stereocenters. The lowest BCUT2D eigenvalue weighted by molar-refractivity contribution is -0.154. The third kappa shape index (κ3) is 4.31. The lowest BCUT2D eigenvalue weighted by Crippen LogP contribution is -2.55. The number of anilines is 2. The number of ether oxygens (including phenoxy) is 2. The smallest absolute Gasteiger partial charge is 0.312 e. The van der Waals surface area contributed by atoms with Crippen LogP contribution in [-0.4, -0.2) is 84.9 Å². The Balaban J connectivity index is 1.53. The third-order valence-corrected chi connectivity index (χ3v) is 8.22. The maximum atomic E-state index is 14.3. The van der Waals surface area contributed by atoms with Crippen LogP contribution in [0.4, 0.5) is 11.4 Å². The van der Waals surface area contributed by atoms with Crippen molar-refractivity contribution in [3.05, 3.63) is 48.6 Å². The highest BCUT2D eigenvalue weighted by atomic mass is 16.6. The van der Waals surface area contributed by atoms with Gasteiger partial charge in [0.05, 0.1) is 18.6 Å². The summed E-state index contributed by atoms with van der Waals surface area (Å²) in [6.07, 6.45) is 8.44. The first-order valence-electron chi connectivity index (χ1n) is 13.7. The first-order valence-corrected chi connectivity index (χ1v) is 13.7. The number of unbranched alkanes of at least 4 members (excludes halogenated alkanes) is 1. The Labute approximate surface area is 223 Å². The van der Waals surface area contributed by atoms with Gasteiger partial charge < -0.3 is 29.3 Å². The van der Waals surface area contributed by atoms with Crippen molar-refractivity contribution < 1.29 is 29.0 Å². The number of cyclic esters (lactones) is 1. The van der Waals surface area contributed by atoms with Gasteiger partial charge in [0.2, 0.25) is 5.91 Å². The van der Waals surface area contributed by atoms with Crippen molar-refractivity contribution in [1.82, 2.24) is 4.90 Å². The summed E-state index contributed by atoms with van der Waals surface area (Å²) in [6, 6.07) is 6.97. The van der Waals surface area contributed by atoms with Crippen molar-refractivity contribution in [1.29, 1.82) is 0 Å². The highest BCUT2D eigenvalue weighted by Gasteiger charge is 2.71. The second-order valence-electron chi connectivity index (χ2n) is 10.2. The van der Waals surface area contributed by atoms with E-state index in [-0.39, 0.29) is 25.0 Å². The quantitative estimate of drug-likeness (QED) is 0.317. The summed E-state index contributed by atoms with van der Waals surface area (Å²) in [5, 5.41) is 9.34. The molecule has 38 heavy (non-hydrogen) atoms. The van der Waals surface area contributed by atoms with Gasteiger partial charge in [-0.15, -0.1) is 0 Å². The molecule has 0 saturated carbocycles. The largest absolute Gasteiger partial charge is 0.465 e. The molecule has 2 fully saturated rings. The number of nitrogens with zero attached hydrogens (tertiary/aromatic N) is 3. The lowest BCUT2D eigenvalue weighted by Gasteiger charge is -2.35. The number of likely N-dealkylation sites (tertiary alicyclic amines) is 1. The topological polar surface area (TPSA) is 99.6 Å². The molecule has 1 aromatic rings. The Kier molecular flexibility index (Phi) is 7.59. The summed E-state index contributed by atoms with van der Waals surface area (Å²) in [4.78, 5) is 46.9. The predicted octanol–water partition coefficient (Wildman–Crippen LogP) is 2.29. The number of hydrogen-bond donors (Lipinski definition) is 1. The van der Waals surface area contributed by atoms with E-state index in [4.69, 9.17) is 9.47 Å². The van der Waals surface area contributed by atoms with Crippen LogP contribution in [0.2, 0.25) is 0 Å². The zero-order chi connectivity index (χ0) is 26.9. The van der Waals surface area contributed by atoms with Crippen LogP contribution in [0.25, 0.3) is 0 Å². The molecular formula is C29H37N3O6. The van der Waals surface area contributed by atoms with Gasteiger partial charge in [-0.2, -0.15) is 0 Å². The molecule has 204 valence electrons. The standard InChI is InChI=1S/C29H37N3O6/c1-3-30(4-2)20-11-13-21(14-12-20)31-17-9-15-29-24(23-22(38-29)10-5-8-19-37-28(23)36)26(34)32(16-6-7-18-33)25(29)27(31)35/h5,9-15,22-25,33H,3-4,6-8,16-19H2,1-2H3/t22-,23+,24-,25?,29-/m0/s1. The number of rotatable bonds is 8. The van der Waals surface area contributed by atoms with Gasteiger partial charge in [-0.05, 0) is 57.4 Å². The first-order chi connectivity index (χ1) is 18.5. The molecule has 0 bridgehead atoms. The van der Waals surface area contributed by atoms with E-state index in [0.29, 0.717) is 32.4 Å². The SMILES string of the molecule is CCN(CC)c1ccc(N2CC=C[C@]34O[C@H]5C=CCCOC(=O)[C@H]5[C@H]3C(=O)N(CCCCO)C4C2=O)cc1. The molecule has 0 aromatic heterocycles. The Hall–Kier alpha value is -3.17. The molecule has 4 aliphatic heterocycles. The second-order valence-corrected chi connectivity index (χ2v) is 10.2. The van der Waals surface area contributed by atoms with Crippen LogP contribution in [0.15, 0.2) is 48.6 Å². The maximum Gasteiger partial charge on any atom is 0.312 e. The molecular weight excluding hydrogens is 486 g/mol. The zero-order valence-electron chi connectivity index (χ0n) is 22.1. The maximum absolute atomic E-state index is 14.3. The fourth-order valence-electron chi connectivity index (χ4n) is 6.40. The van der Waals surface area contributed by atoms with Crippen LogP contribution in [0.5, 0.6) is 0 Å². The summed E-state index contributed by atoms with van der Waals surface area (Å²) in [5.74, 6) is -2.64. The van der Waals surface area contributed by atoms with Crippen molar-refractivity contribution in [3.63, 3.8) is 0 Å². The van der Waals surface area contributed by atoms with Crippen LogP contribution >= 0.6 is 0 Å². The zero-order valence-corrected chi connectivity index (χ0v) is 22.1. The minimum atomic E-state index is -1.27. The monoisotopic (exact) mass is 523 g/mol. The Morgan fingerprint density at radius 2 is 1.82 bits per heavy atom. The molecule has 1 aromatic carbocycles. The number of carbonyl (C=O) groups is 3. The Morgan fingerprint density at radius 3 is 2.53 bits per heavy atom. The number of hydrogen-bond acceptors (Lipinski definition) is 7. The molecule has 0 aliphatic carbocycles. The summed E-state index contributed by atoms with van der Waals surface area (Å²) in [6.45, 7) is 6.85. The number of amides is 2. The van der Waals surface area contributed by atoms with Gasteiger partial charge in [-0.1, -0.05) is 24.3 Å². The molecule has 2 amide bonds. The molecule has 9 heteroatoms. The van der Waals surface area contributed by atoms with E-state index in [2.05, 4.69) is 18.7 Å². The van der Waals surface area contributed by atoms with E-state index >= 15 is 0 Å². The van der Waals surface area contributed by atoms with Crippen LogP contribution in [0.3, 0.4) is 0 Å². The van der Waals surface area contributed by atoms with E-state index in [1.165, 1.54) is 0 Å². The minimum absolute atomic E-state index is 0.00154. The molecule has 5 rings (SSSR count). The van der Waals surface area contributed by atoms with Crippen molar-refractivity contribution in [2.75, 3.05) is 49.2 Å². The molecule has 9 nitrogen and oxygen atoms in total. The van der Waals surface area contributed by atoms with Crippen molar-refractivity contribution in [2.24, 2.45) is 11.8 Å². The fourth-order valence-corrected chi connectivity index (χ4v) is 6.40. The first kappa shape index (κ1) is 26.4. The molecule has 4 aliphatic rings. The van der Waals surface area contributed by atoms with Crippen molar-refractivity contribution >= 4 is 29.2 Å². The van der Waals surface area contributed by atoms with Crippen LogP contribution in [0.1, 0.15) is 33.1 Å². The van der Waals surface area contributed by atoms with Gasteiger partial charge in [0.15, 0.2) is 0 Å². The molecule has 1 spiro atoms. The van der Waals surface area contributed by atoms with E-state index in [1.807, 2.05) is 48.6 Å². The average molecular weight is 524 g/mol. The number of carbonyl (C=O) groups excluding carboxylic acids is 3. The molecule has 4 heterocycles. The molecule has 5 atom stereocenters. The lowest BCUT2D eigenvalue weighted by atomic mass is 9.77. The number of fused-ring (bicyclic) bond motifs is 2. The fraction of sp³-hybridized carbons (Fsp3) is 0.552. The normalized spacial score (nSPS) is 30.3. The van der Waals surface area contributed by atoms with Crippen LogP contribution in [0, 0.1) is 11.8 Å². The summed E-state index contributed by atoms with van der Waals surface area (Å²) < 4.78 is 12.0. The van der Waals surface area contributed by atoms with Gasteiger partial charge in [-0.25, -0.2) is 0 Å². The molecule has 2 saturated heterocycles. The van der Waals surface area contributed by atoms with Gasteiger partial charge in [0.1, 0.15) is 17.6 Å². The van der Waals surface area contributed by atoms with Crippen LogP contribution in [-0.2, 0) is 23.9 Å². The minimum Gasteiger partial charge on any atom is -0.465 e. The van der Waals surface area contributed by atoms with Crippen molar-refractivity contribution in [2.45, 2.75) is 50.9 Å². The second kappa shape index (κ2) is 10.9. The molecule has 0 radical (unpaired) electrons. The van der Waals surface area contributed by atoms with Crippen molar-refractivity contribution in [3.8, 4) is 0 Å². The predicted molar refractivity (Wildman–Crippen MR) is 143 cm³/mol. The number of benzene rings is 1.